The number of nitrogens with one attached hydrogen (secondary N) is 2. The summed E-state index contributed by atoms with van der Waals surface area (Å²) in [6, 6.07) is -1.45. The molecule has 1 aliphatic carbocycles. The monoisotopic (exact) mass is 241 g/mol. The number of aliphatic carboxylic acids is 1. The summed E-state index contributed by atoms with van der Waals surface area (Å²) in [6.45, 7) is 0.321. The summed E-state index contributed by atoms with van der Waals surface area (Å²) in [4.78, 5) is 35.0. The van der Waals surface area contributed by atoms with Gasteiger partial charge in [-0.05, 0) is 18.8 Å². The molecule has 3 N–H and O–H groups in total. The maximum atomic E-state index is 11.8. The van der Waals surface area contributed by atoms with Crippen molar-refractivity contribution in [3.63, 3.8) is 0 Å². The quantitative estimate of drug-likeness (QED) is 0.589. The molecule has 1 saturated carbocycles. The molecule has 17 heavy (non-hydrogen) atoms. The van der Waals surface area contributed by atoms with Crippen molar-refractivity contribution in [3.8, 4) is 0 Å². The topological polar surface area (TPSA) is 98.7 Å². The van der Waals surface area contributed by atoms with E-state index in [9.17, 15) is 14.4 Å². The summed E-state index contributed by atoms with van der Waals surface area (Å²) in [6.07, 6.45) is 2.20. The van der Waals surface area contributed by atoms with Gasteiger partial charge in [0.2, 0.25) is 5.91 Å². The maximum absolute atomic E-state index is 11.8. The van der Waals surface area contributed by atoms with Crippen LogP contribution in [-0.2, 0) is 9.59 Å². The van der Waals surface area contributed by atoms with Gasteiger partial charge in [-0.15, -0.1) is 0 Å². The first-order valence-electron chi connectivity index (χ1n) is 5.62. The molecule has 0 aromatic heterocycles. The van der Waals surface area contributed by atoms with E-state index in [4.69, 9.17) is 5.11 Å². The van der Waals surface area contributed by atoms with Crippen LogP contribution in [0.1, 0.15) is 12.8 Å². The number of nitrogens with zero attached hydrogens (tertiary/aromatic N) is 1. The Bertz CT molecular complexity index is 353. The van der Waals surface area contributed by atoms with Gasteiger partial charge in [-0.25, -0.2) is 9.59 Å². The molecule has 1 heterocycles. The van der Waals surface area contributed by atoms with Gasteiger partial charge in [0.05, 0.1) is 0 Å². The number of hydrogen-bond donors (Lipinski definition) is 3. The molecule has 2 fully saturated rings. The second-order valence-electron chi connectivity index (χ2n) is 4.42. The van der Waals surface area contributed by atoms with E-state index in [0.29, 0.717) is 12.5 Å². The normalized spacial score (nSPS) is 24.1. The lowest BCUT2D eigenvalue weighted by Gasteiger charge is -2.32. The largest absolute Gasteiger partial charge is 0.480 e. The van der Waals surface area contributed by atoms with Gasteiger partial charge >= 0.3 is 12.0 Å². The van der Waals surface area contributed by atoms with Crippen LogP contribution in [0.5, 0.6) is 0 Å². The molecule has 2 aliphatic rings. The molecule has 0 bridgehead atoms. The molecular weight excluding hydrogens is 226 g/mol. The molecule has 2 rings (SSSR count). The lowest BCUT2D eigenvalue weighted by Crippen LogP contribution is -2.61. The summed E-state index contributed by atoms with van der Waals surface area (Å²) in [5, 5.41) is 14.1. The SMILES string of the molecule is O=C1CN(C(=O)NCC2CC2)C(C(=O)O)CN1. The second-order valence-corrected chi connectivity index (χ2v) is 4.42. The molecule has 7 nitrogen and oxygen atoms in total. The Morgan fingerprint density at radius 3 is 2.76 bits per heavy atom. The maximum Gasteiger partial charge on any atom is 0.328 e. The van der Waals surface area contributed by atoms with E-state index in [1.165, 1.54) is 0 Å². The third-order valence-electron chi connectivity index (χ3n) is 2.97. The van der Waals surface area contributed by atoms with Crippen molar-refractivity contribution in [2.75, 3.05) is 19.6 Å². The minimum atomic E-state index is -1.11. The number of piperazine rings is 1. The van der Waals surface area contributed by atoms with Crippen LogP contribution in [0.15, 0.2) is 0 Å². The average Bonchev–Trinajstić information content (AvgIpc) is 3.09. The predicted octanol–water partition coefficient (Wildman–Crippen LogP) is -1.01. The fourth-order valence-corrected chi connectivity index (χ4v) is 1.73. The Balaban J connectivity index is 1.94. The predicted molar refractivity (Wildman–Crippen MR) is 57.3 cm³/mol. The number of amides is 3. The van der Waals surface area contributed by atoms with Gasteiger partial charge in [-0.2, -0.15) is 0 Å². The third kappa shape index (κ3) is 2.86. The van der Waals surface area contributed by atoms with Gasteiger partial charge in [-0.3, -0.25) is 9.69 Å². The minimum absolute atomic E-state index is 0.0367. The number of urea groups is 1. The summed E-state index contributed by atoms with van der Waals surface area (Å²) in [7, 11) is 0. The van der Waals surface area contributed by atoms with E-state index < -0.39 is 18.0 Å². The highest BCUT2D eigenvalue weighted by Gasteiger charge is 2.35. The van der Waals surface area contributed by atoms with Crippen molar-refractivity contribution in [3.05, 3.63) is 0 Å². The lowest BCUT2D eigenvalue weighted by atomic mass is 10.2. The van der Waals surface area contributed by atoms with Crippen LogP contribution in [0.2, 0.25) is 0 Å². The second kappa shape index (κ2) is 4.60. The van der Waals surface area contributed by atoms with Crippen molar-refractivity contribution >= 4 is 17.9 Å². The zero-order valence-corrected chi connectivity index (χ0v) is 9.31. The lowest BCUT2D eigenvalue weighted by molar-refractivity contribution is -0.144. The smallest absolute Gasteiger partial charge is 0.328 e. The average molecular weight is 241 g/mol. The molecule has 0 radical (unpaired) electrons. The highest BCUT2D eigenvalue weighted by Crippen LogP contribution is 2.27. The van der Waals surface area contributed by atoms with Crippen LogP contribution in [0.4, 0.5) is 4.79 Å². The van der Waals surface area contributed by atoms with Crippen LogP contribution in [0.3, 0.4) is 0 Å². The summed E-state index contributed by atoms with van der Waals surface area (Å²) in [5.74, 6) is -0.920. The van der Waals surface area contributed by atoms with Crippen LogP contribution in [0, 0.1) is 5.92 Å². The summed E-state index contributed by atoms with van der Waals surface area (Å²) >= 11 is 0. The van der Waals surface area contributed by atoms with Crippen molar-refractivity contribution in [1.29, 1.82) is 0 Å². The van der Waals surface area contributed by atoms with Gasteiger partial charge in [0, 0.05) is 13.1 Å². The molecule has 1 aliphatic heterocycles. The number of rotatable bonds is 3. The van der Waals surface area contributed by atoms with E-state index in [0.717, 1.165) is 17.7 Å². The standard InChI is InChI=1S/C10H15N3O4/c14-8-5-13(7(4-11-8)9(15)16)10(17)12-3-6-1-2-6/h6-7H,1-5H2,(H,11,14)(H,12,17)(H,15,16). The van der Waals surface area contributed by atoms with Crippen LogP contribution in [0.25, 0.3) is 0 Å². The van der Waals surface area contributed by atoms with Crippen molar-refractivity contribution < 1.29 is 19.5 Å². The molecule has 7 heteroatoms. The zero-order chi connectivity index (χ0) is 12.4. The Kier molecular flexibility index (Phi) is 3.16. The fraction of sp³-hybridized carbons (Fsp3) is 0.700. The van der Waals surface area contributed by atoms with E-state index in [-0.39, 0.29) is 19.0 Å². The van der Waals surface area contributed by atoms with Crippen molar-refractivity contribution in [2.24, 2.45) is 5.92 Å². The molecule has 3 amide bonds. The first-order valence-corrected chi connectivity index (χ1v) is 5.62. The Morgan fingerprint density at radius 1 is 1.47 bits per heavy atom. The Morgan fingerprint density at radius 2 is 2.18 bits per heavy atom. The van der Waals surface area contributed by atoms with Gasteiger partial charge in [0.25, 0.3) is 0 Å². The van der Waals surface area contributed by atoms with Crippen molar-refractivity contribution in [2.45, 2.75) is 18.9 Å². The minimum Gasteiger partial charge on any atom is -0.480 e. The first-order chi connectivity index (χ1) is 8.08. The highest BCUT2D eigenvalue weighted by atomic mass is 16.4. The number of hydrogen-bond acceptors (Lipinski definition) is 3. The van der Waals surface area contributed by atoms with Gasteiger partial charge in [0.15, 0.2) is 0 Å². The van der Waals surface area contributed by atoms with E-state index in [2.05, 4.69) is 10.6 Å². The fourth-order valence-electron chi connectivity index (χ4n) is 1.73. The van der Waals surface area contributed by atoms with Gasteiger partial charge in [0.1, 0.15) is 12.6 Å². The third-order valence-corrected chi connectivity index (χ3v) is 2.97. The Labute approximate surface area is 98.2 Å². The molecule has 1 atom stereocenters. The van der Waals surface area contributed by atoms with Crippen LogP contribution < -0.4 is 10.6 Å². The number of carboxylic acid groups (broad SMARTS) is 1. The number of carbonyl (C=O) groups excluding carboxylic acids is 2. The highest BCUT2D eigenvalue weighted by molar-refractivity contribution is 5.90. The molecule has 94 valence electrons. The molecular formula is C10H15N3O4. The summed E-state index contributed by atoms with van der Waals surface area (Å²) < 4.78 is 0. The summed E-state index contributed by atoms with van der Waals surface area (Å²) in [5.41, 5.74) is 0. The van der Waals surface area contributed by atoms with Crippen molar-refractivity contribution in [1.82, 2.24) is 15.5 Å². The molecule has 0 aromatic carbocycles. The number of carbonyl (C=O) groups is 3. The van der Waals surface area contributed by atoms with E-state index in [1.807, 2.05) is 0 Å². The van der Waals surface area contributed by atoms with Crippen LogP contribution >= 0.6 is 0 Å². The molecule has 1 unspecified atom stereocenters. The molecule has 0 spiro atoms. The van der Waals surface area contributed by atoms with Gasteiger partial charge in [-0.1, -0.05) is 0 Å². The molecule has 1 saturated heterocycles. The number of carboxylic acids is 1. The zero-order valence-electron chi connectivity index (χ0n) is 9.31. The molecule has 0 aromatic rings. The van der Waals surface area contributed by atoms with E-state index >= 15 is 0 Å². The first kappa shape index (κ1) is 11.7. The van der Waals surface area contributed by atoms with E-state index in [1.54, 1.807) is 0 Å². The van der Waals surface area contributed by atoms with Gasteiger partial charge < -0.3 is 15.7 Å². The van der Waals surface area contributed by atoms with Crippen LogP contribution in [-0.4, -0.2) is 53.6 Å². The Hall–Kier alpha value is -1.79.